The molecule has 0 unspecified atom stereocenters. The summed E-state index contributed by atoms with van der Waals surface area (Å²) in [5.41, 5.74) is -0.674. The van der Waals surface area contributed by atoms with Crippen LogP contribution in [0.15, 0.2) is 57.7 Å². The molecule has 2 aromatic carbocycles. The summed E-state index contributed by atoms with van der Waals surface area (Å²) < 4.78 is 15.7. The highest BCUT2D eigenvalue weighted by molar-refractivity contribution is 6.32. The third kappa shape index (κ3) is 4.50. The monoisotopic (exact) mass is 401 g/mol. The fourth-order valence-electron chi connectivity index (χ4n) is 2.43. The van der Waals surface area contributed by atoms with Crippen LogP contribution in [-0.4, -0.2) is 25.0 Å². The Morgan fingerprint density at radius 2 is 1.93 bits per heavy atom. The molecule has 0 atom stereocenters. The molecule has 7 nitrogen and oxygen atoms in total. The smallest absolute Gasteiger partial charge is 0.349 e. The maximum atomic E-state index is 12.0. The quantitative estimate of drug-likeness (QED) is 0.387. The van der Waals surface area contributed by atoms with Gasteiger partial charge in [0.15, 0.2) is 6.61 Å². The third-order valence-electron chi connectivity index (χ3n) is 3.70. The van der Waals surface area contributed by atoms with Gasteiger partial charge in [-0.3, -0.25) is 4.79 Å². The van der Waals surface area contributed by atoms with Crippen molar-refractivity contribution in [1.82, 2.24) is 5.32 Å². The van der Waals surface area contributed by atoms with E-state index >= 15 is 0 Å². The number of ether oxygens (including phenoxy) is 2. The topological polar surface area (TPSA) is 94.8 Å². The van der Waals surface area contributed by atoms with Gasteiger partial charge in [-0.2, -0.15) is 0 Å². The SMILES string of the molecule is CCNC(=O)c1cc2ccc(OC(=O)COc3ccccc3Cl)cc2oc1=O. The number of amides is 1. The minimum Gasteiger partial charge on any atom is -0.480 e. The van der Waals surface area contributed by atoms with Crippen molar-refractivity contribution < 1.29 is 23.5 Å². The van der Waals surface area contributed by atoms with Gasteiger partial charge in [-0.05, 0) is 37.3 Å². The van der Waals surface area contributed by atoms with Crippen molar-refractivity contribution in [3.8, 4) is 11.5 Å². The number of para-hydroxylation sites is 1. The molecule has 0 aliphatic rings. The predicted molar refractivity (Wildman–Crippen MR) is 103 cm³/mol. The molecule has 28 heavy (non-hydrogen) atoms. The van der Waals surface area contributed by atoms with Crippen LogP contribution in [-0.2, 0) is 4.79 Å². The summed E-state index contributed by atoms with van der Waals surface area (Å²) in [5.74, 6) is -0.622. The van der Waals surface area contributed by atoms with Gasteiger partial charge in [0.1, 0.15) is 22.6 Å². The standard InChI is InChI=1S/C20H16ClNO6/c1-2-22-19(24)14-9-12-7-8-13(10-17(12)28-20(14)25)27-18(23)11-26-16-6-4-3-5-15(16)21/h3-10H,2,11H2,1H3,(H,22,24). The van der Waals surface area contributed by atoms with Gasteiger partial charge >= 0.3 is 11.6 Å². The van der Waals surface area contributed by atoms with Gasteiger partial charge in [-0.25, -0.2) is 9.59 Å². The lowest BCUT2D eigenvalue weighted by Gasteiger charge is -2.08. The molecule has 0 radical (unpaired) electrons. The third-order valence-corrected chi connectivity index (χ3v) is 4.02. The van der Waals surface area contributed by atoms with Crippen LogP contribution in [0.25, 0.3) is 11.0 Å². The molecule has 3 aromatic rings. The van der Waals surface area contributed by atoms with Gasteiger partial charge < -0.3 is 19.2 Å². The summed E-state index contributed by atoms with van der Waals surface area (Å²) >= 11 is 5.96. The van der Waals surface area contributed by atoms with Crippen LogP contribution in [0.2, 0.25) is 5.02 Å². The van der Waals surface area contributed by atoms with E-state index in [0.717, 1.165) is 0 Å². The second-order valence-electron chi connectivity index (χ2n) is 5.70. The second kappa shape index (κ2) is 8.58. The number of fused-ring (bicyclic) bond motifs is 1. The van der Waals surface area contributed by atoms with Gasteiger partial charge in [-0.15, -0.1) is 0 Å². The number of nitrogens with one attached hydrogen (secondary N) is 1. The largest absolute Gasteiger partial charge is 0.480 e. The number of hydrogen-bond acceptors (Lipinski definition) is 6. The fraction of sp³-hybridized carbons (Fsp3) is 0.150. The van der Waals surface area contributed by atoms with Crippen LogP contribution in [0.3, 0.4) is 0 Å². The molecule has 3 rings (SSSR count). The highest BCUT2D eigenvalue weighted by Crippen LogP contribution is 2.24. The molecule has 0 fully saturated rings. The average molecular weight is 402 g/mol. The zero-order valence-electron chi connectivity index (χ0n) is 14.9. The Kier molecular flexibility index (Phi) is 5.96. The van der Waals surface area contributed by atoms with E-state index in [1.54, 1.807) is 37.3 Å². The van der Waals surface area contributed by atoms with Crippen molar-refractivity contribution in [2.45, 2.75) is 6.92 Å². The minimum atomic E-state index is -0.774. The Hall–Kier alpha value is -3.32. The molecule has 0 saturated carbocycles. The van der Waals surface area contributed by atoms with Crippen LogP contribution >= 0.6 is 11.6 Å². The molecule has 1 amide bonds. The molecule has 1 aromatic heterocycles. The Morgan fingerprint density at radius 1 is 1.14 bits per heavy atom. The summed E-state index contributed by atoms with van der Waals surface area (Å²) in [7, 11) is 0. The summed E-state index contributed by atoms with van der Waals surface area (Å²) in [5, 5.41) is 3.45. The normalized spacial score (nSPS) is 10.5. The van der Waals surface area contributed by atoms with Crippen molar-refractivity contribution >= 4 is 34.4 Å². The number of rotatable bonds is 6. The number of halogens is 1. The lowest BCUT2D eigenvalue weighted by atomic mass is 10.1. The van der Waals surface area contributed by atoms with E-state index in [2.05, 4.69) is 5.32 Å². The highest BCUT2D eigenvalue weighted by atomic mass is 35.5. The number of hydrogen-bond donors (Lipinski definition) is 1. The van der Waals surface area contributed by atoms with E-state index in [4.69, 9.17) is 25.5 Å². The summed E-state index contributed by atoms with van der Waals surface area (Å²) in [6, 6.07) is 12.7. The van der Waals surface area contributed by atoms with E-state index < -0.39 is 17.5 Å². The lowest BCUT2D eigenvalue weighted by Crippen LogP contribution is -2.27. The van der Waals surface area contributed by atoms with Gasteiger partial charge in [0, 0.05) is 18.0 Å². The Morgan fingerprint density at radius 3 is 2.68 bits per heavy atom. The maximum absolute atomic E-state index is 12.0. The minimum absolute atomic E-state index is 0.0905. The van der Waals surface area contributed by atoms with Crippen molar-refractivity contribution in [2.24, 2.45) is 0 Å². The number of benzene rings is 2. The zero-order chi connectivity index (χ0) is 20.1. The molecule has 1 N–H and O–H groups in total. The summed E-state index contributed by atoms with van der Waals surface area (Å²) in [6.45, 7) is 1.79. The van der Waals surface area contributed by atoms with Gasteiger partial charge in [0.2, 0.25) is 0 Å². The van der Waals surface area contributed by atoms with Crippen LogP contribution in [0.1, 0.15) is 17.3 Å². The lowest BCUT2D eigenvalue weighted by molar-refractivity contribution is -0.136. The number of carbonyl (C=O) groups excluding carboxylic acids is 2. The van der Waals surface area contributed by atoms with Crippen LogP contribution in [0.5, 0.6) is 11.5 Å². The van der Waals surface area contributed by atoms with E-state index in [9.17, 15) is 14.4 Å². The Bertz CT molecular complexity index is 1090. The molecular weight excluding hydrogens is 386 g/mol. The van der Waals surface area contributed by atoms with Crippen molar-refractivity contribution in [3.63, 3.8) is 0 Å². The molecule has 0 aliphatic carbocycles. The van der Waals surface area contributed by atoms with Crippen molar-refractivity contribution in [3.05, 3.63) is 69.5 Å². The molecule has 144 valence electrons. The Labute approximate surface area is 164 Å². The highest BCUT2D eigenvalue weighted by Gasteiger charge is 2.14. The van der Waals surface area contributed by atoms with E-state index in [1.165, 1.54) is 18.2 Å². The van der Waals surface area contributed by atoms with E-state index in [1.807, 2.05) is 0 Å². The van der Waals surface area contributed by atoms with Gasteiger partial charge in [-0.1, -0.05) is 23.7 Å². The van der Waals surface area contributed by atoms with Crippen LogP contribution in [0, 0.1) is 0 Å². The van der Waals surface area contributed by atoms with Crippen molar-refractivity contribution in [1.29, 1.82) is 0 Å². The predicted octanol–water partition coefficient (Wildman–Crippen LogP) is 3.18. The maximum Gasteiger partial charge on any atom is 0.349 e. The second-order valence-corrected chi connectivity index (χ2v) is 6.11. The van der Waals surface area contributed by atoms with Gasteiger partial charge in [0.25, 0.3) is 5.91 Å². The van der Waals surface area contributed by atoms with Crippen molar-refractivity contribution in [2.75, 3.05) is 13.2 Å². The van der Waals surface area contributed by atoms with Crippen LogP contribution < -0.4 is 20.4 Å². The first-order chi connectivity index (χ1) is 13.5. The Balaban J connectivity index is 1.72. The average Bonchev–Trinajstić information content (AvgIpc) is 2.67. The molecule has 8 heteroatoms. The summed E-state index contributed by atoms with van der Waals surface area (Å²) in [6.07, 6.45) is 0. The molecular formula is C20H16ClNO6. The molecule has 0 saturated heterocycles. The number of esters is 1. The van der Waals surface area contributed by atoms with Crippen LogP contribution in [0.4, 0.5) is 0 Å². The van der Waals surface area contributed by atoms with E-state index in [-0.39, 0.29) is 23.5 Å². The van der Waals surface area contributed by atoms with E-state index in [0.29, 0.717) is 22.7 Å². The first kappa shape index (κ1) is 19.4. The first-order valence-corrected chi connectivity index (χ1v) is 8.80. The molecule has 1 heterocycles. The van der Waals surface area contributed by atoms with Gasteiger partial charge in [0.05, 0.1) is 5.02 Å². The first-order valence-electron chi connectivity index (χ1n) is 8.42. The molecule has 0 bridgehead atoms. The summed E-state index contributed by atoms with van der Waals surface area (Å²) in [4.78, 5) is 35.9. The zero-order valence-corrected chi connectivity index (χ0v) is 15.6. The fourth-order valence-corrected chi connectivity index (χ4v) is 2.62. The number of carbonyl (C=O) groups is 2. The molecule has 0 aliphatic heterocycles. The molecule has 0 spiro atoms.